The third-order valence-corrected chi connectivity index (χ3v) is 3.47. The summed E-state index contributed by atoms with van der Waals surface area (Å²) in [4.78, 5) is 6.70. The molecule has 0 N–H and O–H groups in total. The molecule has 4 heteroatoms. The van der Waals surface area contributed by atoms with Crippen LogP contribution in [0.1, 0.15) is 11.3 Å². The lowest BCUT2D eigenvalue weighted by Crippen LogP contribution is -2.27. The molecule has 0 saturated carbocycles. The zero-order valence-electron chi connectivity index (χ0n) is 10.7. The van der Waals surface area contributed by atoms with Crippen LogP contribution in [0.15, 0.2) is 30.3 Å². The minimum atomic E-state index is -0.836. The Bertz CT molecular complexity index is 626. The predicted molar refractivity (Wildman–Crippen MR) is 69.6 cm³/mol. The maximum absolute atomic E-state index is 13.8. The largest absolute Gasteiger partial charge is 0.302 e. The van der Waals surface area contributed by atoms with Gasteiger partial charge in [0.25, 0.3) is 0 Å². The fraction of sp³-hybridized carbons (Fsp3) is 0.267. The topological polar surface area (TPSA) is 16.1 Å². The van der Waals surface area contributed by atoms with Gasteiger partial charge in [0.15, 0.2) is 11.6 Å². The van der Waals surface area contributed by atoms with Crippen molar-refractivity contribution in [2.45, 2.75) is 13.0 Å². The van der Waals surface area contributed by atoms with Crippen LogP contribution in [0.25, 0.3) is 11.3 Å². The molecule has 98 valence electrons. The average molecular weight is 260 g/mol. The first-order valence-electron chi connectivity index (χ1n) is 6.27. The van der Waals surface area contributed by atoms with Crippen molar-refractivity contribution >= 4 is 0 Å². The van der Waals surface area contributed by atoms with E-state index in [9.17, 15) is 8.78 Å². The average Bonchev–Trinajstić information content (AvgIpc) is 2.41. The number of likely N-dealkylation sites (N-methyl/N-ethyl adjacent to an activating group) is 1. The van der Waals surface area contributed by atoms with Crippen LogP contribution in [-0.2, 0) is 13.0 Å². The number of hydrogen-bond donors (Lipinski definition) is 0. The van der Waals surface area contributed by atoms with Gasteiger partial charge in [-0.15, -0.1) is 0 Å². The van der Waals surface area contributed by atoms with Crippen LogP contribution in [0.2, 0.25) is 0 Å². The molecule has 19 heavy (non-hydrogen) atoms. The van der Waals surface area contributed by atoms with Gasteiger partial charge in [-0.05, 0) is 30.8 Å². The van der Waals surface area contributed by atoms with Gasteiger partial charge in [-0.3, -0.25) is 4.98 Å². The van der Waals surface area contributed by atoms with Gasteiger partial charge < -0.3 is 4.90 Å². The summed E-state index contributed by atoms with van der Waals surface area (Å²) in [6, 6.07) is 7.89. The Morgan fingerprint density at radius 3 is 2.84 bits per heavy atom. The van der Waals surface area contributed by atoms with Crippen molar-refractivity contribution in [3.63, 3.8) is 0 Å². The van der Waals surface area contributed by atoms with Gasteiger partial charge >= 0.3 is 0 Å². The van der Waals surface area contributed by atoms with E-state index in [0.29, 0.717) is 5.69 Å². The molecule has 0 saturated heterocycles. The standard InChI is InChI=1S/C15H14F2N2/c1-19-8-7-13-10(9-19)5-6-14(18-13)11-3-2-4-12(16)15(11)17/h2-6H,7-9H2,1H3. The maximum Gasteiger partial charge on any atom is 0.168 e. The highest BCUT2D eigenvalue weighted by Crippen LogP contribution is 2.25. The van der Waals surface area contributed by atoms with Gasteiger partial charge in [-0.25, -0.2) is 8.78 Å². The predicted octanol–water partition coefficient (Wildman–Crippen LogP) is 3.01. The van der Waals surface area contributed by atoms with Gasteiger partial charge in [0.05, 0.1) is 5.69 Å². The molecule has 0 bridgehead atoms. The van der Waals surface area contributed by atoms with Crippen molar-refractivity contribution in [3.05, 3.63) is 53.2 Å². The molecule has 2 aromatic rings. The summed E-state index contributed by atoms with van der Waals surface area (Å²) < 4.78 is 27.0. The molecular weight excluding hydrogens is 246 g/mol. The number of nitrogens with zero attached hydrogens (tertiary/aromatic N) is 2. The smallest absolute Gasteiger partial charge is 0.168 e. The van der Waals surface area contributed by atoms with Crippen LogP contribution in [0, 0.1) is 11.6 Å². The van der Waals surface area contributed by atoms with Crippen molar-refractivity contribution in [1.29, 1.82) is 0 Å². The van der Waals surface area contributed by atoms with Gasteiger partial charge in [0, 0.05) is 30.8 Å². The normalized spacial score (nSPS) is 15.3. The maximum atomic E-state index is 13.8. The molecular formula is C15H14F2N2. The Labute approximate surface area is 110 Å². The van der Waals surface area contributed by atoms with E-state index >= 15 is 0 Å². The first-order valence-corrected chi connectivity index (χ1v) is 6.27. The Morgan fingerprint density at radius 2 is 2.00 bits per heavy atom. The first-order chi connectivity index (χ1) is 9.15. The highest BCUT2D eigenvalue weighted by molar-refractivity contribution is 5.60. The SMILES string of the molecule is CN1CCc2nc(-c3cccc(F)c3F)ccc2C1. The molecule has 2 nitrogen and oxygen atoms in total. The minimum absolute atomic E-state index is 0.224. The van der Waals surface area contributed by atoms with Crippen LogP contribution in [0.3, 0.4) is 0 Å². The van der Waals surface area contributed by atoms with Crippen LogP contribution in [0.4, 0.5) is 8.78 Å². The number of pyridine rings is 1. The number of halogens is 2. The molecule has 0 amide bonds. The Balaban J connectivity index is 2.05. The second kappa shape index (κ2) is 4.70. The lowest BCUT2D eigenvalue weighted by atomic mass is 10.0. The van der Waals surface area contributed by atoms with Crippen molar-refractivity contribution in [2.24, 2.45) is 0 Å². The van der Waals surface area contributed by atoms with E-state index in [4.69, 9.17) is 0 Å². The Kier molecular flexibility index (Phi) is 3.03. The lowest BCUT2D eigenvalue weighted by Gasteiger charge is -2.24. The second-order valence-corrected chi connectivity index (χ2v) is 4.89. The third kappa shape index (κ3) is 2.24. The summed E-state index contributed by atoms with van der Waals surface area (Å²) in [5.41, 5.74) is 2.87. The third-order valence-electron chi connectivity index (χ3n) is 3.47. The van der Waals surface area contributed by atoms with Crippen LogP contribution in [-0.4, -0.2) is 23.5 Å². The number of aromatic nitrogens is 1. The zero-order chi connectivity index (χ0) is 13.4. The highest BCUT2D eigenvalue weighted by atomic mass is 19.2. The molecule has 0 unspecified atom stereocenters. The molecule has 3 rings (SSSR count). The summed E-state index contributed by atoms with van der Waals surface area (Å²) >= 11 is 0. The molecule has 0 atom stereocenters. The second-order valence-electron chi connectivity index (χ2n) is 4.89. The lowest BCUT2D eigenvalue weighted by molar-refractivity contribution is 0.310. The first kappa shape index (κ1) is 12.2. The molecule has 2 heterocycles. The van der Waals surface area contributed by atoms with E-state index in [1.807, 2.05) is 6.07 Å². The van der Waals surface area contributed by atoms with Crippen molar-refractivity contribution < 1.29 is 8.78 Å². The van der Waals surface area contributed by atoms with Crippen LogP contribution in [0.5, 0.6) is 0 Å². The summed E-state index contributed by atoms with van der Waals surface area (Å²) in [5, 5.41) is 0. The fourth-order valence-electron chi connectivity index (χ4n) is 2.41. The Hall–Kier alpha value is -1.81. The molecule has 1 aromatic heterocycles. The van der Waals surface area contributed by atoms with E-state index < -0.39 is 11.6 Å². The molecule has 1 aliphatic rings. The number of hydrogen-bond acceptors (Lipinski definition) is 2. The van der Waals surface area contributed by atoms with E-state index in [0.717, 1.165) is 36.8 Å². The monoisotopic (exact) mass is 260 g/mol. The molecule has 0 radical (unpaired) electrons. The van der Waals surface area contributed by atoms with Gasteiger partial charge in [0.2, 0.25) is 0 Å². The summed E-state index contributed by atoms with van der Waals surface area (Å²) in [6.07, 6.45) is 0.844. The van der Waals surface area contributed by atoms with E-state index in [2.05, 4.69) is 16.9 Å². The van der Waals surface area contributed by atoms with Crippen molar-refractivity contribution in [2.75, 3.05) is 13.6 Å². The van der Waals surface area contributed by atoms with Gasteiger partial charge in [-0.1, -0.05) is 12.1 Å². The molecule has 1 aromatic carbocycles. The fourth-order valence-corrected chi connectivity index (χ4v) is 2.41. The van der Waals surface area contributed by atoms with E-state index in [1.165, 1.54) is 6.07 Å². The number of fused-ring (bicyclic) bond motifs is 1. The summed E-state index contributed by atoms with van der Waals surface area (Å²) in [6.45, 7) is 1.79. The molecule has 0 aliphatic carbocycles. The zero-order valence-corrected chi connectivity index (χ0v) is 10.7. The summed E-state index contributed by atoms with van der Waals surface area (Å²) in [5.74, 6) is -1.67. The van der Waals surface area contributed by atoms with Gasteiger partial charge in [0.1, 0.15) is 0 Å². The minimum Gasteiger partial charge on any atom is -0.302 e. The van der Waals surface area contributed by atoms with E-state index in [-0.39, 0.29) is 5.56 Å². The van der Waals surface area contributed by atoms with Crippen molar-refractivity contribution in [1.82, 2.24) is 9.88 Å². The highest BCUT2D eigenvalue weighted by Gasteiger charge is 2.17. The molecule has 0 spiro atoms. The summed E-state index contributed by atoms with van der Waals surface area (Å²) in [7, 11) is 2.06. The molecule has 0 fully saturated rings. The number of benzene rings is 1. The van der Waals surface area contributed by atoms with Gasteiger partial charge in [-0.2, -0.15) is 0 Å². The van der Waals surface area contributed by atoms with Crippen LogP contribution < -0.4 is 0 Å². The van der Waals surface area contributed by atoms with E-state index in [1.54, 1.807) is 12.1 Å². The quantitative estimate of drug-likeness (QED) is 0.783. The Morgan fingerprint density at radius 1 is 1.16 bits per heavy atom. The van der Waals surface area contributed by atoms with Crippen molar-refractivity contribution in [3.8, 4) is 11.3 Å². The van der Waals surface area contributed by atoms with Crippen LogP contribution >= 0.6 is 0 Å². The number of rotatable bonds is 1. The molecule has 1 aliphatic heterocycles.